The number of fused-ring (bicyclic) bond motifs is 1. The van der Waals surface area contributed by atoms with E-state index in [2.05, 4.69) is 36.3 Å². The molecular weight excluding hydrogens is 819 g/mol. The molecule has 1 aliphatic heterocycles. The Labute approximate surface area is 360 Å². The van der Waals surface area contributed by atoms with Crippen molar-refractivity contribution in [2.24, 2.45) is 13.0 Å². The Morgan fingerprint density at radius 2 is 1.84 bits per heavy atom. The van der Waals surface area contributed by atoms with Gasteiger partial charge in [-0.05, 0) is 85.9 Å². The van der Waals surface area contributed by atoms with Gasteiger partial charge >= 0.3 is 5.69 Å². The highest BCUT2D eigenvalue weighted by molar-refractivity contribution is 6.03. The zero-order valence-electron chi connectivity index (χ0n) is 34.8. The number of carbonyl (C=O) groups is 2. The lowest BCUT2D eigenvalue weighted by molar-refractivity contribution is -0.130. The van der Waals surface area contributed by atoms with Gasteiger partial charge in [0.05, 0.1) is 48.4 Å². The number of anilines is 2. The third kappa shape index (κ3) is 10.5. The lowest BCUT2D eigenvalue weighted by atomic mass is 10.0. The standard InChI is InChI=1S/C44H50F2N10O7/c1-54-39-29(4-2-6-34(39)56(44(54)60)35-13-14-37(57)52-42(35)59)5-3-18-61-20-21-62-19-17-47-23-27-9-11-31(12-10-27)55-25-32(38(53-55)40(45)46)50-41(58)33-26-63-43(51-33)30-15-16-48-36(22-30)49-24-28-7-8-28/h2,4,6,9-12,15-16,22,25-26,28,35,37,40,47,57H,3,5,7-8,13-14,17-21,23-24H2,1H3,(H,48,49)(H,50,58)(H,52,59). The van der Waals surface area contributed by atoms with E-state index in [4.69, 9.17) is 13.9 Å². The number of ether oxygens (including phenoxy) is 2. The van der Waals surface area contributed by atoms with E-state index in [0.29, 0.717) is 87.3 Å². The molecule has 2 aromatic carbocycles. The molecule has 6 aromatic rings. The number of hydrogen-bond acceptors (Lipinski definition) is 12. The van der Waals surface area contributed by atoms with E-state index in [9.17, 15) is 28.3 Å². The first kappa shape index (κ1) is 43.4. The minimum absolute atomic E-state index is 0.0730. The fourth-order valence-electron chi connectivity index (χ4n) is 7.58. The van der Waals surface area contributed by atoms with Crippen LogP contribution < -0.4 is 27.0 Å². The molecule has 2 atom stereocenters. The second kappa shape index (κ2) is 19.8. The van der Waals surface area contributed by atoms with Crippen molar-refractivity contribution in [1.29, 1.82) is 0 Å². The first-order chi connectivity index (χ1) is 30.6. The summed E-state index contributed by atoms with van der Waals surface area (Å²) in [6.45, 7) is 3.84. The Morgan fingerprint density at radius 1 is 1.03 bits per heavy atom. The topological polar surface area (TPSA) is 205 Å². The van der Waals surface area contributed by atoms with Gasteiger partial charge in [0.15, 0.2) is 11.4 Å². The number of hydrogen-bond donors (Lipinski definition) is 5. The van der Waals surface area contributed by atoms with Crippen LogP contribution in [-0.2, 0) is 34.3 Å². The molecule has 2 fully saturated rings. The van der Waals surface area contributed by atoms with Gasteiger partial charge in [-0.15, -0.1) is 0 Å². The first-order valence-corrected chi connectivity index (χ1v) is 21.1. The maximum absolute atomic E-state index is 14.0. The van der Waals surface area contributed by atoms with Crippen LogP contribution in [0.4, 0.5) is 20.3 Å². The summed E-state index contributed by atoms with van der Waals surface area (Å²) in [6, 6.07) is 15.8. The number of pyridine rings is 1. The van der Waals surface area contributed by atoms with E-state index < -0.39 is 30.3 Å². The normalized spacial score (nSPS) is 16.5. The third-order valence-corrected chi connectivity index (χ3v) is 11.1. The molecule has 0 radical (unpaired) electrons. The lowest BCUT2D eigenvalue weighted by Crippen LogP contribution is -2.46. The van der Waals surface area contributed by atoms with Crippen LogP contribution in [0.25, 0.3) is 28.2 Å². The maximum atomic E-state index is 14.0. The molecule has 0 bridgehead atoms. The summed E-state index contributed by atoms with van der Waals surface area (Å²) in [5.74, 6) is 0.456. The van der Waals surface area contributed by atoms with E-state index in [1.54, 1.807) is 42.1 Å². The SMILES string of the molecule is Cn1c(=O)n(C2CCC(O)NC2=O)c2cccc(CCCOCCOCCNCc3ccc(-n4cc(NC(=O)c5coc(-c6ccnc(NCC7CC7)c6)n5)c(C(F)F)n4)cc3)c21. The van der Waals surface area contributed by atoms with Gasteiger partial charge in [0.1, 0.15) is 24.4 Å². The van der Waals surface area contributed by atoms with Gasteiger partial charge in [-0.2, -0.15) is 5.10 Å². The van der Waals surface area contributed by atoms with E-state index in [1.807, 2.05) is 30.3 Å². The maximum Gasteiger partial charge on any atom is 0.329 e. The van der Waals surface area contributed by atoms with Gasteiger partial charge in [-0.1, -0.05) is 24.3 Å². The molecule has 63 heavy (non-hydrogen) atoms. The Morgan fingerprint density at radius 3 is 2.62 bits per heavy atom. The number of aromatic nitrogens is 6. The number of imidazole rings is 1. The fourth-order valence-corrected chi connectivity index (χ4v) is 7.58. The van der Waals surface area contributed by atoms with Crippen LogP contribution in [0.3, 0.4) is 0 Å². The summed E-state index contributed by atoms with van der Waals surface area (Å²) in [5, 5.41) is 25.5. The highest BCUT2D eigenvalue weighted by Gasteiger charge is 2.32. The van der Waals surface area contributed by atoms with E-state index >= 15 is 0 Å². The minimum Gasteiger partial charge on any atom is -0.444 e. The summed E-state index contributed by atoms with van der Waals surface area (Å²) in [4.78, 5) is 47.4. The van der Waals surface area contributed by atoms with Gasteiger partial charge in [0, 0.05) is 45.0 Å². The van der Waals surface area contributed by atoms with E-state index in [-0.39, 0.29) is 28.9 Å². The number of nitrogens with one attached hydrogen (secondary N) is 4. The summed E-state index contributed by atoms with van der Waals surface area (Å²) < 4.78 is 49.5. The first-order valence-electron chi connectivity index (χ1n) is 21.1. The molecule has 2 aliphatic rings. The smallest absolute Gasteiger partial charge is 0.329 e. The second-order valence-electron chi connectivity index (χ2n) is 15.7. The average molecular weight is 869 g/mol. The minimum atomic E-state index is -2.94. The van der Waals surface area contributed by atoms with E-state index in [1.165, 1.54) is 34.6 Å². The number of nitrogens with zero attached hydrogens (tertiary/aromatic N) is 6. The molecular formula is C44H50F2N10O7. The number of piperidine rings is 1. The zero-order chi connectivity index (χ0) is 43.9. The van der Waals surface area contributed by atoms with Crippen molar-refractivity contribution in [3.05, 3.63) is 106 Å². The fraction of sp³-hybridized carbons (Fsp3) is 0.409. The van der Waals surface area contributed by atoms with Crippen molar-refractivity contribution in [3.8, 4) is 17.1 Å². The van der Waals surface area contributed by atoms with Gasteiger partial charge in [0.2, 0.25) is 11.8 Å². The summed E-state index contributed by atoms with van der Waals surface area (Å²) in [6.07, 6.45) is 4.90. The molecule has 19 heteroatoms. The largest absolute Gasteiger partial charge is 0.444 e. The van der Waals surface area contributed by atoms with Crippen molar-refractivity contribution >= 4 is 34.4 Å². The number of carbonyl (C=O) groups excluding carboxylic acids is 2. The Hall–Kier alpha value is -6.28. The monoisotopic (exact) mass is 868 g/mol. The molecule has 1 saturated carbocycles. The number of para-hydroxylation sites is 1. The molecule has 8 rings (SSSR count). The number of aliphatic hydroxyl groups is 1. The van der Waals surface area contributed by atoms with Crippen molar-refractivity contribution < 1.29 is 37.4 Å². The number of halogens is 2. The molecule has 4 aromatic heterocycles. The zero-order valence-corrected chi connectivity index (χ0v) is 34.8. The van der Waals surface area contributed by atoms with Crippen LogP contribution in [0.15, 0.2) is 82.5 Å². The van der Waals surface area contributed by atoms with Crippen molar-refractivity contribution in [1.82, 2.24) is 39.5 Å². The van der Waals surface area contributed by atoms with Crippen LogP contribution in [0.2, 0.25) is 0 Å². The second-order valence-corrected chi connectivity index (χ2v) is 15.7. The van der Waals surface area contributed by atoms with Crippen LogP contribution in [0.1, 0.15) is 71.9 Å². The number of benzene rings is 2. The number of amides is 2. The molecule has 17 nitrogen and oxygen atoms in total. The van der Waals surface area contributed by atoms with E-state index in [0.717, 1.165) is 29.6 Å². The van der Waals surface area contributed by atoms with Crippen LogP contribution in [0, 0.1) is 5.92 Å². The Balaban J connectivity index is 0.737. The number of aryl methyl sites for hydroxylation is 2. The van der Waals surface area contributed by atoms with Crippen molar-refractivity contribution in [3.63, 3.8) is 0 Å². The van der Waals surface area contributed by atoms with Gasteiger partial charge in [-0.3, -0.25) is 18.7 Å². The Bertz CT molecular complexity index is 2580. The molecule has 5 heterocycles. The summed E-state index contributed by atoms with van der Waals surface area (Å²) in [7, 11) is 1.71. The van der Waals surface area contributed by atoms with Gasteiger partial charge in [-0.25, -0.2) is 28.2 Å². The predicted molar refractivity (Wildman–Crippen MR) is 229 cm³/mol. The summed E-state index contributed by atoms with van der Waals surface area (Å²) in [5.41, 5.74) is 3.54. The molecule has 1 saturated heterocycles. The predicted octanol–water partition coefficient (Wildman–Crippen LogP) is 5.11. The highest BCUT2D eigenvalue weighted by Crippen LogP contribution is 2.31. The van der Waals surface area contributed by atoms with Crippen LogP contribution >= 0.6 is 0 Å². The Kier molecular flexibility index (Phi) is 13.7. The molecule has 1 aliphatic carbocycles. The van der Waals surface area contributed by atoms with Crippen LogP contribution in [-0.4, -0.2) is 91.5 Å². The lowest BCUT2D eigenvalue weighted by Gasteiger charge is -2.26. The third-order valence-electron chi connectivity index (χ3n) is 11.1. The molecule has 332 valence electrons. The van der Waals surface area contributed by atoms with Crippen molar-refractivity contribution in [2.75, 3.05) is 50.2 Å². The number of oxazole rings is 1. The van der Waals surface area contributed by atoms with Crippen molar-refractivity contribution in [2.45, 2.75) is 63.8 Å². The molecule has 2 amide bonds. The average Bonchev–Trinajstić information content (AvgIpc) is 3.68. The highest BCUT2D eigenvalue weighted by atomic mass is 19.3. The quantitative estimate of drug-likeness (QED) is 0.0599. The number of alkyl halides is 2. The molecule has 2 unspecified atom stereocenters. The molecule has 5 N–H and O–H groups in total. The van der Waals surface area contributed by atoms with Gasteiger partial charge < -0.3 is 40.3 Å². The number of rotatable bonds is 21. The number of aliphatic hydroxyl groups excluding tert-OH is 1. The van der Waals surface area contributed by atoms with Crippen LogP contribution in [0.5, 0.6) is 0 Å². The molecule has 0 spiro atoms. The van der Waals surface area contributed by atoms with Gasteiger partial charge in [0.25, 0.3) is 12.3 Å². The summed E-state index contributed by atoms with van der Waals surface area (Å²) >= 11 is 0.